The van der Waals surface area contributed by atoms with E-state index in [2.05, 4.69) is 10.3 Å². The van der Waals surface area contributed by atoms with Crippen LogP contribution >= 0.6 is 0 Å². The Labute approximate surface area is 123 Å². The van der Waals surface area contributed by atoms with Crippen LogP contribution in [0.25, 0.3) is 0 Å². The summed E-state index contributed by atoms with van der Waals surface area (Å²) in [5.74, 6) is 0.174. The van der Waals surface area contributed by atoms with Crippen LogP contribution in [0.3, 0.4) is 0 Å². The molecule has 0 aromatic carbocycles. The topological polar surface area (TPSA) is 73.6 Å². The number of carbonyl (C=O) groups excluding carboxylic acids is 1. The van der Waals surface area contributed by atoms with Crippen LogP contribution in [0.15, 0.2) is 40.9 Å². The van der Waals surface area contributed by atoms with Crippen molar-refractivity contribution in [3.8, 4) is 5.95 Å². The van der Waals surface area contributed by atoms with E-state index in [-0.39, 0.29) is 17.7 Å². The highest BCUT2D eigenvalue weighted by Gasteiger charge is 2.19. The zero-order chi connectivity index (χ0) is 15.1. The predicted molar refractivity (Wildman–Crippen MR) is 76.2 cm³/mol. The number of hydrogen-bond acceptors (Lipinski definition) is 5. The van der Waals surface area contributed by atoms with Crippen molar-refractivity contribution in [1.82, 2.24) is 10.3 Å². The standard InChI is InChI=1S/C15H18N2O4/c1-3-20-14-8-7-13(21-14)15(18)17-12(10-19-2)11-6-4-5-9-16-11/h4-9,12H,3,10H2,1-2H3,(H,17,18). The summed E-state index contributed by atoms with van der Waals surface area (Å²) in [7, 11) is 1.57. The fourth-order valence-electron chi connectivity index (χ4n) is 1.84. The van der Waals surface area contributed by atoms with Gasteiger partial charge in [0.2, 0.25) is 0 Å². The van der Waals surface area contributed by atoms with Gasteiger partial charge in [0.1, 0.15) is 0 Å². The first kappa shape index (κ1) is 15.1. The Balaban J connectivity index is 2.07. The molecule has 6 heteroatoms. The summed E-state index contributed by atoms with van der Waals surface area (Å²) < 4.78 is 15.6. The van der Waals surface area contributed by atoms with Gasteiger partial charge in [0.15, 0.2) is 5.76 Å². The van der Waals surface area contributed by atoms with Crippen molar-refractivity contribution in [1.29, 1.82) is 0 Å². The van der Waals surface area contributed by atoms with E-state index < -0.39 is 0 Å². The number of nitrogens with zero attached hydrogens (tertiary/aromatic N) is 1. The lowest BCUT2D eigenvalue weighted by Crippen LogP contribution is -2.31. The molecule has 112 valence electrons. The summed E-state index contributed by atoms with van der Waals surface area (Å²) in [6.07, 6.45) is 1.67. The van der Waals surface area contributed by atoms with Crippen LogP contribution < -0.4 is 10.1 Å². The molecule has 1 unspecified atom stereocenters. The third kappa shape index (κ3) is 4.06. The van der Waals surface area contributed by atoms with Crippen molar-refractivity contribution in [3.05, 3.63) is 48.0 Å². The van der Waals surface area contributed by atoms with Crippen LogP contribution in [0.1, 0.15) is 29.2 Å². The van der Waals surface area contributed by atoms with Gasteiger partial charge in [-0.3, -0.25) is 9.78 Å². The Kier molecular flexibility index (Phi) is 5.34. The second-order valence-corrected chi connectivity index (χ2v) is 4.29. The maximum Gasteiger partial charge on any atom is 0.287 e. The number of ether oxygens (including phenoxy) is 2. The van der Waals surface area contributed by atoms with Crippen LogP contribution in [0.2, 0.25) is 0 Å². The number of nitrogens with one attached hydrogen (secondary N) is 1. The monoisotopic (exact) mass is 290 g/mol. The minimum absolute atomic E-state index is 0.190. The van der Waals surface area contributed by atoms with Crippen LogP contribution in [-0.4, -0.2) is 31.2 Å². The van der Waals surface area contributed by atoms with Gasteiger partial charge in [0.05, 0.1) is 24.9 Å². The van der Waals surface area contributed by atoms with E-state index in [0.29, 0.717) is 19.2 Å². The predicted octanol–water partition coefficient (Wildman–Crippen LogP) is 2.19. The minimum Gasteiger partial charge on any atom is -0.465 e. The molecule has 2 aromatic rings. The van der Waals surface area contributed by atoms with Gasteiger partial charge in [-0.15, -0.1) is 0 Å². The van der Waals surface area contributed by atoms with Gasteiger partial charge in [-0.1, -0.05) is 6.07 Å². The molecule has 1 amide bonds. The average Bonchev–Trinajstić information content (AvgIpc) is 2.97. The maximum absolute atomic E-state index is 12.2. The average molecular weight is 290 g/mol. The molecule has 2 heterocycles. The van der Waals surface area contributed by atoms with Gasteiger partial charge >= 0.3 is 0 Å². The first-order valence-corrected chi connectivity index (χ1v) is 6.68. The molecular weight excluding hydrogens is 272 g/mol. The summed E-state index contributed by atoms with van der Waals surface area (Å²) in [5, 5.41) is 2.83. The molecule has 0 radical (unpaired) electrons. The molecule has 2 rings (SSSR count). The highest BCUT2D eigenvalue weighted by Crippen LogP contribution is 2.17. The van der Waals surface area contributed by atoms with Crippen LogP contribution in [-0.2, 0) is 4.74 Å². The number of hydrogen-bond donors (Lipinski definition) is 1. The summed E-state index contributed by atoms with van der Waals surface area (Å²) in [6, 6.07) is 8.35. The molecule has 6 nitrogen and oxygen atoms in total. The zero-order valence-corrected chi connectivity index (χ0v) is 12.0. The van der Waals surface area contributed by atoms with Gasteiger partial charge in [-0.2, -0.15) is 0 Å². The van der Waals surface area contributed by atoms with E-state index >= 15 is 0 Å². The Bertz CT molecular complexity index is 568. The van der Waals surface area contributed by atoms with E-state index in [1.165, 1.54) is 0 Å². The largest absolute Gasteiger partial charge is 0.465 e. The van der Waals surface area contributed by atoms with E-state index in [1.807, 2.05) is 25.1 Å². The van der Waals surface area contributed by atoms with Gasteiger partial charge in [-0.25, -0.2) is 0 Å². The number of amides is 1. The van der Waals surface area contributed by atoms with Crippen molar-refractivity contribution >= 4 is 5.91 Å². The van der Waals surface area contributed by atoms with Crippen molar-refractivity contribution < 1.29 is 18.7 Å². The van der Waals surface area contributed by atoms with E-state index in [0.717, 1.165) is 5.69 Å². The SMILES string of the molecule is CCOc1ccc(C(=O)NC(COC)c2ccccn2)o1. The Morgan fingerprint density at radius 3 is 2.90 bits per heavy atom. The lowest BCUT2D eigenvalue weighted by atomic mass is 10.2. The van der Waals surface area contributed by atoms with Crippen LogP contribution in [0.4, 0.5) is 0 Å². The van der Waals surface area contributed by atoms with E-state index in [4.69, 9.17) is 13.9 Å². The fourth-order valence-corrected chi connectivity index (χ4v) is 1.84. The van der Waals surface area contributed by atoms with Crippen molar-refractivity contribution in [3.63, 3.8) is 0 Å². The lowest BCUT2D eigenvalue weighted by molar-refractivity contribution is 0.0859. The highest BCUT2D eigenvalue weighted by atomic mass is 16.6. The van der Waals surface area contributed by atoms with Crippen molar-refractivity contribution in [2.24, 2.45) is 0 Å². The molecule has 0 aliphatic rings. The van der Waals surface area contributed by atoms with Crippen molar-refractivity contribution in [2.75, 3.05) is 20.3 Å². The molecular formula is C15H18N2O4. The van der Waals surface area contributed by atoms with Crippen molar-refractivity contribution in [2.45, 2.75) is 13.0 Å². The molecule has 21 heavy (non-hydrogen) atoms. The zero-order valence-electron chi connectivity index (χ0n) is 12.0. The fraction of sp³-hybridized carbons (Fsp3) is 0.333. The molecule has 0 spiro atoms. The lowest BCUT2D eigenvalue weighted by Gasteiger charge is -2.16. The van der Waals surface area contributed by atoms with Gasteiger partial charge in [0, 0.05) is 19.4 Å². The second-order valence-electron chi connectivity index (χ2n) is 4.29. The van der Waals surface area contributed by atoms with Crippen LogP contribution in [0, 0.1) is 0 Å². The quantitative estimate of drug-likeness (QED) is 0.846. The first-order chi connectivity index (χ1) is 10.2. The second kappa shape index (κ2) is 7.44. The first-order valence-electron chi connectivity index (χ1n) is 6.68. The van der Waals surface area contributed by atoms with Gasteiger partial charge < -0.3 is 19.2 Å². The third-order valence-corrected chi connectivity index (χ3v) is 2.78. The molecule has 2 aromatic heterocycles. The Morgan fingerprint density at radius 1 is 1.38 bits per heavy atom. The highest BCUT2D eigenvalue weighted by molar-refractivity contribution is 5.91. The number of pyridine rings is 1. The number of aromatic nitrogens is 1. The van der Waals surface area contributed by atoms with Gasteiger partial charge in [0.25, 0.3) is 11.9 Å². The molecule has 0 bridgehead atoms. The Hall–Kier alpha value is -2.34. The molecule has 1 atom stereocenters. The normalized spacial score (nSPS) is 11.9. The summed E-state index contributed by atoms with van der Waals surface area (Å²) in [5.41, 5.74) is 0.726. The third-order valence-electron chi connectivity index (χ3n) is 2.78. The van der Waals surface area contributed by atoms with E-state index in [1.54, 1.807) is 25.4 Å². The summed E-state index contributed by atoms with van der Waals surface area (Å²) >= 11 is 0. The number of rotatable bonds is 7. The molecule has 0 saturated heterocycles. The smallest absolute Gasteiger partial charge is 0.287 e. The summed E-state index contributed by atoms with van der Waals surface area (Å²) in [6.45, 7) is 2.65. The molecule has 1 N–H and O–H groups in total. The van der Waals surface area contributed by atoms with E-state index in [9.17, 15) is 4.79 Å². The molecule has 0 fully saturated rings. The van der Waals surface area contributed by atoms with Crippen LogP contribution in [0.5, 0.6) is 5.95 Å². The minimum atomic E-state index is -0.343. The van der Waals surface area contributed by atoms with Gasteiger partial charge in [-0.05, 0) is 25.1 Å². The number of methoxy groups -OCH3 is 1. The molecule has 0 aliphatic carbocycles. The maximum atomic E-state index is 12.2. The number of furan rings is 1. The molecule has 0 saturated carbocycles. The summed E-state index contributed by atoms with van der Waals surface area (Å²) in [4.78, 5) is 16.4. The Morgan fingerprint density at radius 2 is 2.24 bits per heavy atom. The molecule has 0 aliphatic heterocycles. The number of carbonyl (C=O) groups is 1.